The molecular formula is C15H19NO3. The molecule has 0 aromatic heterocycles. The third-order valence-corrected chi connectivity index (χ3v) is 2.48. The van der Waals surface area contributed by atoms with Crippen LogP contribution in [0.4, 0.5) is 5.69 Å². The molecule has 4 nitrogen and oxygen atoms in total. The van der Waals surface area contributed by atoms with Crippen LogP contribution in [-0.2, 0) is 20.7 Å². The van der Waals surface area contributed by atoms with E-state index in [4.69, 9.17) is 4.74 Å². The zero-order valence-electron chi connectivity index (χ0n) is 11.3. The molecule has 0 aliphatic heterocycles. The maximum absolute atomic E-state index is 11.5. The van der Waals surface area contributed by atoms with Crippen molar-refractivity contribution in [3.63, 3.8) is 0 Å². The summed E-state index contributed by atoms with van der Waals surface area (Å²) >= 11 is 0. The van der Waals surface area contributed by atoms with Crippen LogP contribution in [0.15, 0.2) is 36.4 Å². The van der Waals surface area contributed by atoms with Gasteiger partial charge in [-0.3, -0.25) is 4.79 Å². The summed E-state index contributed by atoms with van der Waals surface area (Å²) in [6.45, 7) is 3.70. The molecule has 0 radical (unpaired) electrons. The minimum atomic E-state index is -0.502. The fraction of sp³-hybridized carbons (Fsp3) is 0.333. The molecule has 102 valence electrons. The molecule has 19 heavy (non-hydrogen) atoms. The molecule has 0 saturated carbocycles. The van der Waals surface area contributed by atoms with E-state index < -0.39 is 5.97 Å². The molecule has 1 N–H and O–H groups in total. The van der Waals surface area contributed by atoms with Crippen molar-refractivity contribution in [3.05, 3.63) is 42.0 Å². The Morgan fingerprint density at radius 2 is 1.89 bits per heavy atom. The first-order valence-electron chi connectivity index (χ1n) is 6.37. The van der Waals surface area contributed by atoms with Gasteiger partial charge in [-0.1, -0.05) is 32.1 Å². The number of hydrogen-bond acceptors (Lipinski definition) is 3. The number of esters is 1. The van der Waals surface area contributed by atoms with Crippen LogP contribution < -0.4 is 5.32 Å². The van der Waals surface area contributed by atoms with E-state index in [0.717, 1.165) is 12.8 Å². The summed E-state index contributed by atoms with van der Waals surface area (Å²) in [5.41, 5.74) is 1.90. The van der Waals surface area contributed by atoms with E-state index in [-0.39, 0.29) is 12.5 Å². The number of carbonyl (C=O) groups excluding carboxylic acids is 2. The van der Waals surface area contributed by atoms with E-state index in [1.165, 1.54) is 11.6 Å². The van der Waals surface area contributed by atoms with Gasteiger partial charge in [0.15, 0.2) is 6.61 Å². The minimum absolute atomic E-state index is 0.275. The number of benzene rings is 1. The van der Waals surface area contributed by atoms with Gasteiger partial charge in [-0.05, 0) is 30.5 Å². The molecule has 0 aliphatic carbocycles. The first-order valence-corrected chi connectivity index (χ1v) is 6.37. The molecule has 0 fully saturated rings. The van der Waals surface area contributed by atoms with Crippen molar-refractivity contribution in [1.29, 1.82) is 0 Å². The van der Waals surface area contributed by atoms with Crippen LogP contribution in [0.3, 0.4) is 0 Å². The van der Waals surface area contributed by atoms with Gasteiger partial charge in [0, 0.05) is 11.8 Å². The third kappa shape index (κ3) is 5.86. The van der Waals surface area contributed by atoms with Crippen LogP contribution in [0, 0.1) is 0 Å². The molecule has 1 rings (SSSR count). The summed E-state index contributed by atoms with van der Waals surface area (Å²) < 4.78 is 4.79. The van der Waals surface area contributed by atoms with Gasteiger partial charge < -0.3 is 10.1 Å². The Morgan fingerprint density at radius 1 is 1.21 bits per heavy atom. The van der Waals surface area contributed by atoms with Gasteiger partial charge in [0.05, 0.1) is 0 Å². The molecule has 0 heterocycles. The number of aryl methyl sites for hydroxylation is 1. The number of rotatable bonds is 6. The van der Waals surface area contributed by atoms with Crippen molar-refractivity contribution in [2.45, 2.75) is 26.7 Å². The Morgan fingerprint density at radius 3 is 2.47 bits per heavy atom. The Bertz CT molecular complexity index is 449. The lowest BCUT2D eigenvalue weighted by molar-refractivity contribution is -0.142. The zero-order chi connectivity index (χ0) is 14.1. The lowest BCUT2D eigenvalue weighted by atomic mass is 10.1. The van der Waals surface area contributed by atoms with Gasteiger partial charge in [-0.2, -0.15) is 0 Å². The predicted octanol–water partition coefficient (Wildman–Crippen LogP) is 2.70. The zero-order valence-corrected chi connectivity index (χ0v) is 11.3. The number of amides is 1. The molecule has 0 saturated heterocycles. The van der Waals surface area contributed by atoms with Crippen LogP contribution in [0.5, 0.6) is 0 Å². The van der Waals surface area contributed by atoms with Gasteiger partial charge in [-0.25, -0.2) is 4.79 Å². The largest absolute Gasteiger partial charge is 0.452 e. The van der Waals surface area contributed by atoms with Crippen molar-refractivity contribution in [1.82, 2.24) is 0 Å². The van der Waals surface area contributed by atoms with Crippen LogP contribution >= 0.6 is 0 Å². The Labute approximate surface area is 113 Å². The molecule has 1 amide bonds. The van der Waals surface area contributed by atoms with E-state index in [1.54, 1.807) is 6.08 Å². The van der Waals surface area contributed by atoms with Gasteiger partial charge in [0.2, 0.25) is 0 Å². The molecule has 0 spiro atoms. The van der Waals surface area contributed by atoms with E-state index in [0.29, 0.717) is 5.69 Å². The average Bonchev–Trinajstić information content (AvgIpc) is 2.43. The summed E-state index contributed by atoms with van der Waals surface area (Å²) in [4.78, 5) is 22.7. The van der Waals surface area contributed by atoms with Crippen molar-refractivity contribution in [3.8, 4) is 0 Å². The lowest BCUT2D eigenvalue weighted by Crippen LogP contribution is -2.20. The average molecular weight is 261 g/mol. The van der Waals surface area contributed by atoms with Gasteiger partial charge in [0.25, 0.3) is 5.91 Å². The highest BCUT2D eigenvalue weighted by atomic mass is 16.5. The number of hydrogen-bond donors (Lipinski definition) is 1. The number of carbonyl (C=O) groups is 2. The van der Waals surface area contributed by atoms with Crippen LogP contribution in [0.25, 0.3) is 0 Å². The van der Waals surface area contributed by atoms with Gasteiger partial charge in [0.1, 0.15) is 0 Å². The fourth-order valence-corrected chi connectivity index (χ4v) is 1.42. The topological polar surface area (TPSA) is 55.4 Å². The number of nitrogens with one attached hydrogen (secondary N) is 1. The normalized spacial score (nSPS) is 10.4. The van der Waals surface area contributed by atoms with Crippen molar-refractivity contribution in [2.75, 3.05) is 11.9 Å². The van der Waals surface area contributed by atoms with Gasteiger partial charge >= 0.3 is 5.97 Å². The Balaban J connectivity index is 2.38. The van der Waals surface area contributed by atoms with Crippen molar-refractivity contribution in [2.24, 2.45) is 0 Å². The van der Waals surface area contributed by atoms with Gasteiger partial charge in [-0.15, -0.1) is 0 Å². The number of anilines is 1. The monoisotopic (exact) mass is 261 g/mol. The molecule has 0 aliphatic rings. The molecular weight excluding hydrogens is 242 g/mol. The second-order valence-electron chi connectivity index (χ2n) is 4.02. The standard InChI is InChI=1S/C15H19NO3/c1-3-5-6-15(18)19-11-14(17)16-13-9-7-12(4-2)8-10-13/h5-10H,3-4,11H2,1-2H3,(H,16,17)/b6-5+. The number of ether oxygens (including phenoxy) is 1. The van der Waals surface area contributed by atoms with E-state index in [9.17, 15) is 9.59 Å². The van der Waals surface area contributed by atoms with E-state index in [1.807, 2.05) is 31.2 Å². The Hall–Kier alpha value is -2.10. The predicted molar refractivity (Wildman–Crippen MR) is 74.8 cm³/mol. The number of allylic oxidation sites excluding steroid dienone is 1. The SMILES string of the molecule is CC/C=C/C(=O)OCC(=O)Nc1ccc(CC)cc1. The molecule has 1 aromatic rings. The second-order valence-corrected chi connectivity index (χ2v) is 4.02. The molecule has 0 atom stereocenters. The summed E-state index contributed by atoms with van der Waals surface area (Å²) in [6, 6.07) is 7.56. The Kier molecular flexibility index (Phi) is 6.36. The van der Waals surface area contributed by atoms with Crippen molar-refractivity contribution < 1.29 is 14.3 Å². The lowest BCUT2D eigenvalue weighted by Gasteiger charge is -2.06. The van der Waals surface area contributed by atoms with E-state index in [2.05, 4.69) is 12.2 Å². The molecule has 4 heteroatoms. The highest BCUT2D eigenvalue weighted by molar-refractivity contribution is 5.93. The molecule has 1 aromatic carbocycles. The van der Waals surface area contributed by atoms with Crippen LogP contribution in [0.1, 0.15) is 25.8 Å². The summed E-state index contributed by atoms with van der Waals surface area (Å²) in [7, 11) is 0. The quantitative estimate of drug-likeness (QED) is 0.632. The first kappa shape index (κ1) is 15.0. The van der Waals surface area contributed by atoms with Crippen molar-refractivity contribution >= 4 is 17.6 Å². The molecule has 0 bridgehead atoms. The second kappa shape index (κ2) is 8.08. The van der Waals surface area contributed by atoms with Crippen LogP contribution in [0.2, 0.25) is 0 Å². The maximum atomic E-state index is 11.5. The summed E-state index contributed by atoms with van der Waals surface area (Å²) in [5, 5.41) is 2.66. The smallest absolute Gasteiger partial charge is 0.330 e. The summed E-state index contributed by atoms with van der Waals surface area (Å²) in [5.74, 6) is -0.846. The summed E-state index contributed by atoms with van der Waals surface area (Å²) in [6.07, 6.45) is 4.72. The fourth-order valence-electron chi connectivity index (χ4n) is 1.42. The highest BCUT2D eigenvalue weighted by Gasteiger charge is 2.05. The maximum Gasteiger partial charge on any atom is 0.330 e. The first-order chi connectivity index (χ1) is 9.15. The molecule has 0 unspecified atom stereocenters. The van der Waals surface area contributed by atoms with E-state index >= 15 is 0 Å². The highest BCUT2D eigenvalue weighted by Crippen LogP contribution is 2.09. The third-order valence-electron chi connectivity index (χ3n) is 2.48. The minimum Gasteiger partial charge on any atom is -0.452 e. The van der Waals surface area contributed by atoms with Crippen LogP contribution in [-0.4, -0.2) is 18.5 Å².